The average Bonchev–Trinajstić information content (AvgIpc) is 2.87. The number of hydrogen-bond donors (Lipinski definition) is 2. The average molecular weight is 355 g/mol. The molecular formula is C17H22FNO4S. The molecule has 0 saturated heterocycles. The molecule has 132 valence electrons. The van der Waals surface area contributed by atoms with Gasteiger partial charge in [-0.1, -0.05) is 30.4 Å². The van der Waals surface area contributed by atoms with Crippen molar-refractivity contribution in [1.29, 1.82) is 0 Å². The summed E-state index contributed by atoms with van der Waals surface area (Å²) in [7, 11) is -3.67. The Labute approximate surface area is 141 Å². The molecule has 0 aromatic heterocycles. The van der Waals surface area contributed by atoms with E-state index in [1.165, 1.54) is 12.1 Å². The van der Waals surface area contributed by atoms with Gasteiger partial charge in [-0.3, -0.25) is 4.79 Å². The van der Waals surface area contributed by atoms with E-state index in [0.717, 1.165) is 0 Å². The molecule has 24 heavy (non-hydrogen) atoms. The molecule has 2 N–H and O–H groups in total. The topological polar surface area (TPSA) is 83.5 Å². The monoisotopic (exact) mass is 355 g/mol. The van der Waals surface area contributed by atoms with Gasteiger partial charge in [0.25, 0.3) is 0 Å². The molecule has 7 heteroatoms. The molecule has 2 rings (SSSR count). The van der Waals surface area contributed by atoms with E-state index in [1.54, 1.807) is 30.4 Å². The molecule has 1 aromatic carbocycles. The zero-order valence-electron chi connectivity index (χ0n) is 13.3. The van der Waals surface area contributed by atoms with Crippen molar-refractivity contribution in [2.75, 3.05) is 0 Å². The lowest BCUT2D eigenvalue weighted by molar-refractivity contribution is -0.136. The number of halogens is 1. The summed E-state index contributed by atoms with van der Waals surface area (Å²) in [5.41, 5.74) is 0. The highest BCUT2D eigenvalue weighted by Gasteiger charge is 2.37. The number of benzene rings is 1. The lowest BCUT2D eigenvalue weighted by atomic mass is 9.98. The van der Waals surface area contributed by atoms with E-state index in [4.69, 9.17) is 5.11 Å². The number of allylic oxidation sites excluding steroid dienone is 2. The predicted octanol–water partition coefficient (Wildman–Crippen LogP) is 2.89. The van der Waals surface area contributed by atoms with Crippen LogP contribution >= 0.6 is 0 Å². The lowest BCUT2D eigenvalue weighted by Crippen LogP contribution is -2.38. The van der Waals surface area contributed by atoms with Gasteiger partial charge in [-0.15, -0.1) is 0 Å². The van der Waals surface area contributed by atoms with Gasteiger partial charge in [0.1, 0.15) is 6.17 Å². The minimum absolute atomic E-state index is 0.0320. The molecular weight excluding hydrogens is 333 g/mol. The number of rotatable bonds is 8. The summed E-state index contributed by atoms with van der Waals surface area (Å²) in [5, 5.41) is 8.57. The number of carboxylic acids is 1. The van der Waals surface area contributed by atoms with Gasteiger partial charge in [-0.05, 0) is 37.8 Å². The minimum atomic E-state index is -3.67. The van der Waals surface area contributed by atoms with Crippen LogP contribution in [0.1, 0.15) is 32.1 Å². The molecule has 1 fully saturated rings. The van der Waals surface area contributed by atoms with E-state index >= 15 is 0 Å². The highest BCUT2D eigenvalue weighted by Crippen LogP contribution is 2.33. The van der Waals surface area contributed by atoms with Crippen molar-refractivity contribution in [3.8, 4) is 0 Å². The molecule has 1 aliphatic carbocycles. The molecule has 0 amide bonds. The number of nitrogens with one attached hydrogen (secondary N) is 1. The first-order chi connectivity index (χ1) is 11.4. The summed E-state index contributed by atoms with van der Waals surface area (Å²) in [4.78, 5) is 10.6. The minimum Gasteiger partial charge on any atom is -0.481 e. The SMILES string of the molecule is O=C(O)CC/C=C\C[C@H]1[C@H](F)CC[C@@H]1NS(=O)(=O)c1ccccc1. The van der Waals surface area contributed by atoms with Crippen molar-refractivity contribution in [2.24, 2.45) is 5.92 Å². The van der Waals surface area contributed by atoms with E-state index in [1.807, 2.05) is 0 Å². The van der Waals surface area contributed by atoms with Gasteiger partial charge in [0.15, 0.2) is 0 Å². The Hall–Kier alpha value is -1.73. The van der Waals surface area contributed by atoms with E-state index in [-0.39, 0.29) is 11.3 Å². The fraction of sp³-hybridized carbons (Fsp3) is 0.471. The number of hydrogen-bond acceptors (Lipinski definition) is 3. The van der Waals surface area contributed by atoms with Crippen LogP contribution in [0.25, 0.3) is 0 Å². The maximum absolute atomic E-state index is 14.1. The Kier molecular flexibility index (Phi) is 6.51. The summed E-state index contributed by atoms with van der Waals surface area (Å²) in [5.74, 6) is -1.30. The van der Waals surface area contributed by atoms with Crippen LogP contribution in [0.15, 0.2) is 47.4 Å². The van der Waals surface area contributed by atoms with Gasteiger partial charge in [0.05, 0.1) is 4.90 Å². The molecule has 0 bridgehead atoms. The van der Waals surface area contributed by atoms with Gasteiger partial charge in [-0.2, -0.15) is 0 Å². The first-order valence-corrected chi connectivity index (χ1v) is 9.46. The molecule has 1 aromatic rings. The van der Waals surface area contributed by atoms with Gasteiger partial charge in [0, 0.05) is 18.4 Å². The number of carbonyl (C=O) groups is 1. The predicted molar refractivity (Wildman–Crippen MR) is 88.8 cm³/mol. The van der Waals surface area contributed by atoms with E-state index in [9.17, 15) is 17.6 Å². The van der Waals surface area contributed by atoms with Crippen molar-refractivity contribution in [1.82, 2.24) is 4.72 Å². The second-order valence-corrected chi connectivity index (χ2v) is 7.65. The fourth-order valence-electron chi connectivity index (χ4n) is 2.92. The van der Waals surface area contributed by atoms with Crippen molar-refractivity contribution in [3.05, 3.63) is 42.5 Å². The summed E-state index contributed by atoms with van der Waals surface area (Å²) >= 11 is 0. The highest BCUT2D eigenvalue weighted by atomic mass is 32.2. The third-order valence-corrected chi connectivity index (χ3v) is 5.70. The van der Waals surface area contributed by atoms with Gasteiger partial charge in [0.2, 0.25) is 10.0 Å². The van der Waals surface area contributed by atoms with Crippen molar-refractivity contribution in [2.45, 2.75) is 49.2 Å². The summed E-state index contributed by atoms with van der Waals surface area (Å²) in [6.45, 7) is 0. The van der Waals surface area contributed by atoms with Crippen molar-refractivity contribution >= 4 is 16.0 Å². The van der Waals surface area contributed by atoms with Crippen LogP contribution < -0.4 is 4.72 Å². The van der Waals surface area contributed by atoms with E-state index in [2.05, 4.69) is 4.72 Å². The van der Waals surface area contributed by atoms with Crippen LogP contribution in [0.5, 0.6) is 0 Å². The second-order valence-electron chi connectivity index (χ2n) is 5.94. The largest absolute Gasteiger partial charge is 0.481 e. The molecule has 5 nitrogen and oxygen atoms in total. The second kappa shape index (κ2) is 8.39. The van der Waals surface area contributed by atoms with E-state index < -0.39 is 34.1 Å². The Bertz CT molecular complexity index is 675. The molecule has 0 aliphatic heterocycles. The Morgan fingerprint density at radius 1 is 1.25 bits per heavy atom. The summed E-state index contributed by atoms with van der Waals surface area (Å²) in [6.07, 6.45) is 4.00. The normalized spacial score (nSPS) is 24.5. The maximum Gasteiger partial charge on any atom is 0.303 e. The smallest absolute Gasteiger partial charge is 0.303 e. The number of sulfonamides is 1. The van der Waals surface area contributed by atoms with Gasteiger partial charge in [-0.25, -0.2) is 17.5 Å². The maximum atomic E-state index is 14.1. The molecule has 0 unspecified atom stereocenters. The fourth-order valence-corrected chi connectivity index (χ4v) is 4.26. The number of alkyl halides is 1. The third-order valence-electron chi connectivity index (χ3n) is 4.19. The number of carboxylic acid groups (broad SMARTS) is 1. The van der Waals surface area contributed by atoms with Gasteiger partial charge >= 0.3 is 5.97 Å². The molecule has 3 atom stereocenters. The van der Waals surface area contributed by atoms with Crippen molar-refractivity contribution < 1.29 is 22.7 Å². The molecule has 1 saturated carbocycles. The van der Waals surface area contributed by atoms with Crippen LogP contribution in [-0.4, -0.2) is 31.7 Å². The summed E-state index contributed by atoms with van der Waals surface area (Å²) in [6, 6.07) is 7.58. The molecule has 0 spiro atoms. The van der Waals surface area contributed by atoms with Crippen LogP contribution in [0.2, 0.25) is 0 Å². The first-order valence-electron chi connectivity index (χ1n) is 7.98. The van der Waals surface area contributed by atoms with Crippen LogP contribution in [0.3, 0.4) is 0 Å². The number of aliphatic carboxylic acids is 1. The van der Waals surface area contributed by atoms with Crippen molar-refractivity contribution in [3.63, 3.8) is 0 Å². The highest BCUT2D eigenvalue weighted by molar-refractivity contribution is 7.89. The Morgan fingerprint density at radius 2 is 1.96 bits per heavy atom. The Morgan fingerprint density at radius 3 is 2.62 bits per heavy atom. The molecule has 1 aliphatic rings. The lowest BCUT2D eigenvalue weighted by Gasteiger charge is -2.21. The van der Waals surface area contributed by atoms with Crippen LogP contribution in [-0.2, 0) is 14.8 Å². The van der Waals surface area contributed by atoms with Crippen LogP contribution in [0, 0.1) is 5.92 Å². The standard InChI is InChI=1S/C17H22FNO4S/c18-15-11-12-16(14(15)9-5-2-6-10-17(20)21)19-24(22,23)13-7-3-1-4-8-13/h1-5,7-8,14-16,19H,6,9-12H2,(H,20,21)/b5-2-/t14-,15+,16-/m0/s1. The zero-order chi connectivity index (χ0) is 17.6. The van der Waals surface area contributed by atoms with Gasteiger partial charge < -0.3 is 5.11 Å². The quantitative estimate of drug-likeness (QED) is 0.703. The first kappa shape index (κ1) is 18.6. The third kappa shape index (κ3) is 5.14. The summed E-state index contributed by atoms with van der Waals surface area (Å²) < 4.78 is 41.5. The molecule has 0 radical (unpaired) electrons. The van der Waals surface area contributed by atoms with E-state index in [0.29, 0.717) is 25.7 Å². The molecule has 0 heterocycles. The van der Waals surface area contributed by atoms with Crippen LogP contribution in [0.4, 0.5) is 4.39 Å². The Balaban J connectivity index is 1.97. The zero-order valence-corrected chi connectivity index (χ0v) is 14.1.